The van der Waals surface area contributed by atoms with Gasteiger partial charge >= 0.3 is 23.9 Å². The third-order valence-electron chi connectivity index (χ3n) is 10.1. The number of carboxylic acids is 4. The molecule has 9 unspecified atom stereocenters. The minimum atomic E-state index is -2.00. The number of aliphatic carboxylic acids is 4. The quantitative estimate of drug-likeness (QED) is 0.0295. The maximum Gasteiger partial charge on any atom is 0.326 e. The van der Waals surface area contributed by atoms with Crippen LogP contribution in [-0.4, -0.2) is 169 Å². The second-order valence-corrected chi connectivity index (χ2v) is 16.5. The Morgan fingerprint density at radius 2 is 0.986 bits per heavy atom. The number of rotatable bonds is 33. The van der Waals surface area contributed by atoms with Crippen LogP contribution in [0.2, 0.25) is 0 Å². The summed E-state index contributed by atoms with van der Waals surface area (Å²) in [5.41, 5.74) is 12.1. The topological polar surface area (TPSA) is 466 Å². The van der Waals surface area contributed by atoms with Crippen molar-refractivity contribution in [2.24, 2.45) is 17.4 Å². The van der Waals surface area contributed by atoms with Gasteiger partial charge in [-0.25, -0.2) is 4.79 Å². The van der Waals surface area contributed by atoms with Crippen molar-refractivity contribution in [3.8, 4) is 5.75 Å². The highest BCUT2D eigenvalue weighted by molar-refractivity contribution is 5.98. The fraction of sp³-hybridized carbons (Fsp3) is 0.595. The highest BCUT2D eigenvalue weighted by Crippen LogP contribution is 2.12. The lowest BCUT2D eigenvalue weighted by molar-refractivity contribution is -0.144. The number of aliphatic hydroxyl groups excluding tert-OH is 2. The normalized spacial score (nSPS) is 15.0. The number of hydrogen-bond acceptors (Lipinski definition) is 16. The number of nitrogens with two attached hydrogens (primary N) is 2. The van der Waals surface area contributed by atoms with E-state index in [4.69, 9.17) is 11.5 Å². The lowest BCUT2D eigenvalue weighted by Crippen LogP contribution is -2.61. The summed E-state index contributed by atoms with van der Waals surface area (Å²) in [6, 6.07) is -7.85. The SMILES string of the molecule is CC(C)CC(NC(=O)C(CCC(=O)O)NC(=O)C(CC(=O)O)NC(=O)C(CCCCN)NC(=O)C(CCC(=O)O)NC(=O)C(CO)NC(=O)C(NC(=O)C(N)Cc1ccc(O)cc1)C(C)O)C(=O)O. The Kier molecular flexibility index (Phi) is 26.5. The fourth-order valence-corrected chi connectivity index (χ4v) is 6.37. The Labute approximate surface area is 395 Å². The van der Waals surface area contributed by atoms with Crippen molar-refractivity contribution in [2.45, 2.75) is 139 Å². The Morgan fingerprint density at radius 1 is 0.551 bits per heavy atom. The van der Waals surface area contributed by atoms with Crippen molar-refractivity contribution >= 4 is 65.2 Å². The zero-order valence-corrected chi connectivity index (χ0v) is 38.3. The number of carbonyl (C=O) groups excluding carboxylic acids is 7. The molecule has 0 heterocycles. The van der Waals surface area contributed by atoms with E-state index in [0.717, 1.165) is 6.92 Å². The van der Waals surface area contributed by atoms with E-state index in [9.17, 15) is 88.5 Å². The van der Waals surface area contributed by atoms with Gasteiger partial charge in [-0.15, -0.1) is 0 Å². The van der Waals surface area contributed by atoms with Gasteiger partial charge in [0, 0.05) is 12.8 Å². The number of phenols is 1. The molecule has 0 aliphatic carbocycles. The fourth-order valence-electron chi connectivity index (χ4n) is 6.37. The summed E-state index contributed by atoms with van der Waals surface area (Å²) in [5, 5.41) is 83.2. The van der Waals surface area contributed by atoms with Crippen LogP contribution in [0.3, 0.4) is 0 Å². The van der Waals surface area contributed by atoms with Gasteiger partial charge in [0.2, 0.25) is 41.4 Å². The average molecular weight is 984 g/mol. The highest BCUT2D eigenvalue weighted by Gasteiger charge is 2.36. The van der Waals surface area contributed by atoms with Crippen molar-refractivity contribution in [3.63, 3.8) is 0 Å². The van der Waals surface area contributed by atoms with E-state index in [1.54, 1.807) is 13.8 Å². The summed E-state index contributed by atoms with van der Waals surface area (Å²) in [4.78, 5) is 140. The van der Waals surface area contributed by atoms with Crippen LogP contribution in [0.15, 0.2) is 24.3 Å². The Balaban J connectivity index is 3.36. The van der Waals surface area contributed by atoms with Gasteiger partial charge in [0.1, 0.15) is 48.0 Å². The zero-order valence-electron chi connectivity index (χ0n) is 38.3. The molecule has 0 aromatic heterocycles. The van der Waals surface area contributed by atoms with Gasteiger partial charge in [-0.05, 0) is 82.0 Å². The van der Waals surface area contributed by atoms with Crippen molar-refractivity contribution in [3.05, 3.63) is 29.8 Å². The van der Waals surface area contributed by atoms with Crippen LogP contribution in [0, 0.1) is 5.92 Å². The molecular formula is C42H65N9O18. The van der Waals surface area contributed by atoms with Gasteiger partial charge in [0.25, 0.3) is 0 Å². The van der Waals surface area contributed by atoms with E-state index in [1.165, 1.54) is 24.3 Å². The summed E-state index contributed by atoms with van der Waals surface area (Å²) in [6.07, 6.45) is -5.40. The van der Waals surface area contributed by atoms with Crippen molar-refractivity contribution in [1.82, 2.24) is 37.2 Å². The van der Waals surface area contributed by atoms with Gasteiger partial charge in [-0.3, -0.25) is 47.9 Å². The van der Waals surface area contributed by atoms with Crippen LogP contribution in [0.5, 0.6) is 5.75 Å². The molecule has 1 aromatic rings. The van der Waals surface area contributed by atoms with E-state index in [2.05, 4.69) is 37.2 Å². The summed E-state index contributed by atoms with van der Waals surface area (Å²) >= 11 is 0. The number of aromatic hydroxyl groups is 1. The summed E-state index contributed by atoms with van der Waals surface area (Å²) in [6.45, 7) is 3.42. The van der Waals surface area contributed by atoms with Gasteiger partial charge in [0.15, 0.2) is 0 Å². The maximum atomic E-state index is 13.8. The molecule has 9 atom stereocenters. The zero-order chi connectivity index (χ0) is 52.5. The summed E-state index contributed by atoms with van der Waals surface area (Å²) in [7, 11) is 0. The number of nitrogens with one attached hydrogen (secondary N) is 7. The van der Waals surface area contributed by atoms with Crippen molar-refractivity contribution in [1.29, 1.82) is 0 Å². The standard InChI is InChI=1S/C42H65N9O18/c1-20(2)16-29(42(68)69)49-38(64)27(12-14-32(57)58)46-39(65)28(18-33(59)60)48-36(62)25(6-4-5-15-43)45-37(63)26(11-13-31(55)56)47-40(66)30(19-52)50-41(67)34(21(3)53)51-35(61)24(44)17-22-7-9-23(54)10-8-22/h7-10,20-21,24-30,34,52-54H,4-6,11-19,43-44H2,1-3H3,(H,45,63)(H,46,65)(H,47,66)(H,48,62)(H,49,64)(H,50,67)(H,51,61)(H,55,56)(H,57,58)(H,59,60)(H,68,69). The minimum absolute atomic E-state index is 0.0393. The molecule has 386 valence electrons. The van der Waals surface area contributed by atoms with Crippen LogP contribution in [0.4, 0.5) is 0 Å². The van der Waals surface area contributed by atoms with Crippen LogP contribution < -0.4 is 48.7 Å². The number of carbonyl (C=O) groups is 11. The molecule has 7 amide bonds. The van der Waals surface area contributed by atoms with Crippen molar-refractivity contribution < 1.29 is 88.5 Å². The molecule has 0 fully saturated rings. The molecule has 27 nitrogen and oxygen atoms in total. The number of benzene rings is 1. The molecule has 69 heavy (non-hydrogen) atoms. The number of aliphatic hydroxyl groups is 2. The van der Waals surface area contributed by atoms with Crippen LogP contribution in [-0.2, 0) is 59.2 Å². The second-order valence-electron chi connectivity index (χ2n) is 16.5. The molecule has 0 aliphatic heterocycles. The third kappa shape index (κ3) is 23.1. The largest absolute Gasteiger partial charge is 0.508 e. The van der Waals surface area contributed by atoms with Gasteiger partial charge in [0.05, 0.1) is 25.2 Å². The molecular weight excluding hydrogens is 919 g/mol. The third-order valence-corrected chi connectivity index (χ3v) is 10.1. The van der Waals surface area contributed by atoms with Crippen LogP contribution in [0.25, 0.3) is 0 Å². The minimum Gasteiger partial charge on any atom is -0.508 e. The molecule has 0 bridgehead atoms. The Bertz CT molecular complexity index is 1950. The van der Waals surface area contributed by atoms with E-state index in [-0.39, 0.29) is 50.3 Å². The lowest BCUT2D eigenvalue weighted by Gasteiger charge is -2.27. The molecule has 1 aromatic carbocycles. The van der Waals surface area contributed by atoms with E-state index < -0.39 is 158 Å². The van der Waals surface area contributed by atoms with Gasteiger partial charge < -0.3 is 84.4 Å². The van der Waals surface area contributed by atoms with E-state index >= 15 is 0 Å². The molecule has 0 aliphatic rings. The van der Waals surface area contributed by atoms with Crippen LogP contribution >= 0.6 is 0 Å². The van der Waals surface area contributed by atoms with Crippen LogP contribution in [0.1, 0.15) is 84.1 Å². The maximum absolute atomic E-state index is 13.8. The van der Waals surface area contributed by atoms with Gasteiger partial charge in [-0.1, -0.05) is 26.0 Å². The van der Waals surface area contributed by atoms with Crippen molar-refractivity contribution in [2.75, 3.05) is 13.2 Å². The van der Waals surface area contributed by atoms with E-state index in [1.807, 2.05) is 0 Å². The smallest absolute Gasteiger partial charge is 0.326 e. The first-order valence-corrected chi connectivity index (χ1v) is 21.8. The Hall–Kier alpha value is -6.97. The second kappa shape index (κ2) is 30.4. The first-order chi connectivity index (χ1) is 32.3. The Morgan fingerprint density at radius 3 is 1.41 bits per heavy atom. The molecule has 0 radical (unpaired) electrons. The molecule has 1 rings (SSSR count). The first-order valence-electron chi connectivity index (χ1n) is 21.8. The monoisotopic (exact) mass is 983 g/mol. The summed E-state index contributed by atoms with van der Waals surface area (Å²) < 4.78 is 0. The summed E-state index contributed by atoms with van der Waals surface area (Å²) in [5.74, 6) is -14.4. The number of hydrogen-bond donors (Lipinski definition) is 16. The molecule has 18 N–H and O–H groups in total. The molecule has 0 spiro atoms. The number of unbranched alkanes of at least 4 members (excludes halogenated alkanes) is 1. The highest BCUT2D eigenvalue weighted by atomic mass is 16.4. The predicted molar refractivity (Wildman–Crippen MR) is 238 cm³/mol. The molecule has 27 heteroatoms. The lowest BCUT2D eigenvalue weighted by atomic mass is 10.0. The van der Waals surface area contributed by atoms with E-state index in [0.29, 0.717) is 5.56 Å². The number of amides is 7. The number of phenolic OH excluding ortho intramolecular Hbond substituents is 1. The van der Waals surface area contributed by atoms with Gasteiger partial charge in [-0.2, -0.15) is 0 Å². The first kappa shape index (κ1) is 60.0. The molecule has 0 saturated carbocycles. The average Bonchev–Trinajstić information content (AvgIpc) is 3.26. The number of carboxylic acid groups (broad SMARTS) is 4. The molecule has 0 saturated heterocycles. The predicted octanol–water partition coefficient (Wildman–Crippen LogP) is -4.51.